The van der Waals surface area contributed by atoms with E-state index < -0.39 is 0 Å². The first-order valence-corrected chi connectivity index (χ1v) is 7.11. The molecule has 2 heterocycles. The molecule has 0 bridgehead atoms. The quantitative estimate of drug-likeness (QED) is 0.726. The fourth-order valence-electron chi connectivity index (χ4n) is 3.11. The normalized spacial score (nSPS) is 37.7. The van der Waals surface area contributed by atoms with Gasteiger partial charge in [-0.25, -0.2) is 0 Å². The molecule has 1 saturated carbocycles. The molecule has 2 N–H and O–H groups in total. The summed E-state index contributed by atoms with van der Waals surface area (Å²) in [6, 6.07) is 1.55. The third-order valence-corrected chi connectivity index (χ3v) is 4.22. The molecular formula is C13H23N3O2. The Kier molecular flexibility index (Phi) is 3.54. The maximum absolute atomic E-state index is 12.1. The average Bonchev–Trinajstić information content (AvgIpc) is 3.15. The van der Waals surface area contributed by atoms with E-state index in [4.69, 9.17) is 4.74 Å². The van der Waals surface area contributed by atoms with Crippen LogP contribution >= 0.6 is 0 Å². The Bertz CT molecular complexity index is 313. The van der Waals surface area contributed by atoms with E-state index in [0.29, 0.717) is 25.3 Å². The molecule has 0 aromatic heterocycles. The Morgan fingerprint density at radius 2 is 2.28 bits per heavy atom. The van der Waals surface area contributed by atoms with Crippen LogP contribution in [0.4, 0.5) is 0 Å². The van der Waals surface area contributed by atoms with Crippen molar-refractivity contribution in [3.8, 4) is 0 Å². The lowest BCUT2D eigenvalue weighted by atomic mass is 10.1. The maximum atomic E-state index is 12.1. The molecule has 5 nitrogen and oxygen atoms in total. The maximum Gasteiger partial charge on any atom is 0.239 e. The van der Waals surface area contributed by atoms with Crippen molar-refractivity contribution < 1.29 is 9.53 Å². The van der Waals surface area contributed by atoms with Crippen molar-refractivity contribution in [1.29, 1.82) is 0 Å². The van der Waals surface area contributed by atoms with E-state index in [1.807, 2.05) is 0 Å². The van der Waals surface area contributed by atoms with Gasteiger partial charge in [-0.3, -0.25) is 9.69 Å². The van der Waals surface area contributed by atoms with Gasteiger partial charge in [-0.05, 0) is 26.2 Å². The largest absolute Gasteiger partial charge is 0.378 e. The molecule has 1 amide bonds. The van der Waals surface area contributed by atoms with E-state index in [-0.39, 0.29) is 11.9 Å². The van der Waals surface area contributed by atoms with Crippen LogP contribution in [0.2, 0.25) is 0 Å². The van der Waals surface area contributed by atoms with Crippen molar-refractivity contribution in [2.24, 2.45) is 0 Å². The minimum absolute atomic E-state index is 0.101. The van der Waals surface area contributed by atoms with Crippen molar-refractivity contribution >= 4 is 5.91 Å². The van der Waals surface area contributed by atoms with Crippen LogP contribution in [0.3, 0.4) is 0 Å². The molecule has 3 fully saturated rings. The van der Waals surface area contributed by atoms with Crippen LogP contribution in [0.15, 0.2) is 0 Å². The number of likely N-dealkylation sites (tertiary alicyclic amines) is 1. The first-order valence-electron chi connectivity index (χ1n) is 7.11. The van der Waals surface area contributed by atoms with E-state index in [1.54, 1.807) is 0 Å². The zero-order chi connectivity index (χ0) is 12.5. The number of morpholine rings is 1. The number of nitrogens with zero attached hydrogens (tertiary/aromatic N) is 1. The smallest absolute Gasteiger partial charge is 0.239 e. The summed E-state index contributed by atoms with van der Waals surface area (Å²) in [7, 11) is 0. The number of carbonyl (C=O) groups excluding carboxylic acids is 1. The van der Waals surface area contributed by atoms with Gasteiger partial charge in [0.1, 0.15) is 6.04 Å². The monoisotopic (exact) mass is 253 g/mol. The minimum Gasteiger partial charge on any atom is -0.378 e. The second-order valence-corrected chi connectivity index (χ2v) is 5.80. The van der Waals surface area contributed by atoms with E-state index in [0.717, 1.165) is 25.6 Å². The molecule has 0 aromatic rings. The molecular weight excluding hydrogens is 230 g/mol. The zero-order valence-corrected chi connectivity index (χ0v) is 11.0. The highest BCUT2D eigenvalue weighted by molar-refractivity contribution is 5.82. The molecule has 0 spiro atoms. The van der Waals surface area contributed by atoms with E-state index in [1.165, 1.54) is 12.8 Å². The Labute approximate surface area is 108 Å². The van der Waals surface area contributed by atoms with Gasteiger partial charge in [-0.15, -0.1) is 0 Å². The molecule has 3 rings (SSSR count). The van der Waals surface area contributed by atoms with Gasteiger partial charge in [0, 0.05) is 31.2 Å². The van der Waals surface area contributed by atoms with Crippen molar-refractivity contribution in [1.82, 2.24) is 15.5 Å². The highest BCUT2D eigenvalue weighted by Gasteiger charge is 2.39. The summed E-state index contributed by atoms with van der Waals surface area (Å²) in [6.45, 7) is 5.27. The molecule has 5 heteroatoms. The van der Waals surface area contributed by atoms with Crippen molar-refractivity contribution in [3.05, 3.63) is 0 Å². The van der Waals surface area contributed by atoms with Gasteiger partial charge in [-0.1, -0.05) is 0 Å². The topological polar surface area (TPSA) is 53.6 Å². The standard InChI is InChI=1S/C13H23N3O2/c1-9-6-10(7-16(9)11-2-3-11)15-13(17)12-8-18-5-4-14-12/h9-12,14H,2-8H2,1H3,(H,15,17)/t9-,10+,12+/m1/s1. The van der Waals surface area contributed by atoms with Crippen molar-refractivity contribution in [2.45, 2.75) is 50.4 Å². The molecule has 18 heavy (non-hydrogen) atoms. The highest BCUT2D eigenvalue weighted by Crippen LogP contribution is 2.33. The summed E-state index contributed by atoms with van der Waals surface area (Å²) < 4.78 is 5.32. The molecule has 2 aliphatic heterocycles. The van der Waals surface area contributed by atoms with E-state index in [9.17, 15) is 4.79 Å². The van der Waals surface area contributed by atoms with Gasteiger partial charge < -0.3 is 15.4 Å². The van der Waals surface area contributed by atoms with Gasteiger partial charge >= 0.3 is 0 Å². The molecule has 0 unspecified atom stereocenters. The summed E-state index contributed by atoms with van der Waals surface area (Å²) in [5.41, 5.74) is 0. The molecule has 2 saturated heterocycles. The lowest BCUT2D eigenvalue weighted by molar-refractivity contribution is -0.126. The summed E-state index contributed by atoms with van der Waals surface area (Å²) in [5.74, 6) is 0.101. The fourth-order valence-corrected chi connectivity index (χ4v) is 3.11. The summed E-state index contributed by atoms with van der Waals surface area (Å²) in [4.78, 5) is 14.6. The van der Waals surface area contributed by atoms with Gasteiger partial charge in [0.2, 0.25) is 5.91 Å². The number of amides is 1. The highest BCUT2D eigenvalue weighted by atomic mass is 16.5. The van der Waals surface area contributed by atoms with Crippen LogP contribution in [-0.2, 0) is 9.53 Å². The second kappa shape index (κ2) is 5.15. The molecule has 3 aliphatic rings. The van der Waals surface area contributed by atoms with Crippen LogP contribution in [0.1, 0.15) is 26.2 Å². The fraction of sp³-hybridized carbons (Fsp3) is 0.923. The first-order chi connectivity index (χ1) is 8.74. The van der Waals surface area contributed by atoms with Crippen LogP contribution in [0.25, 0.3) is 0 Å². The molecule has 102 valence electrons. The Hall–Kier alpha value is -0.650. The van der Waals surface area contributed by atoms with Gasteiger partial charge in [0.05, 0.1) is 13.2 Å². The third kappa shape index (κ3) is 2.68. The number of nitrogens with one attached hydrogen (secondary N) is 2. The summed E-state index contributed by atoms with van der Waals surface area (Å²) >= 11 is 0. The van der Waals surface area contributed by atoms with Crippen LogP contribution < -0.4 is 10.6 Å². The molecule has 0 radical (unpaired) electrons. The van der Waals surface area contributed by atoms with Crippen molar-refractivity contribution in [3.63, 3.8) is 0 Å². The second-order valence-electron chi connectivity index (χ2n) is 5.80. The summed E-state index contributed by atoms with van der Waals surface area (Å²) in [6.07, 6.45) is 3.75. The lowest BCUT2D eigenvalue weighted by Crippen LogP contribution is -2.53. The number of ether oxygens (including phenoxy) is 1. The van der Waals surface area contributed by atoms with Gasteiger partial charge in [0.25, 0.3) is 0 Å². The Morgan fingerprint density at radius 3 is 2.94 bits per heavy atom. The molecule has 0 aromatic carbocycles. The Morgan fingerprint density at radius 1 is 1.44 bits per heavy atom. The van der Waals surface area contributed by atoms with Crippen LogP contribution in [0, 0.1) is 0 Å². The predicted molar refractivity (Wildman–Crippen MR) is 68.3 cm³/mol. The van der Waals surface area contributed by atoms with Gasteiger partial charge in [0.15, 0.2) is 0 Å². The summed E-state index contributed by atoms with van der Waals surface area (Å²) in [5, 5.41) is 6.37. The number of rotatable bonds is 3. The number of hydrogen-bond donors (Lipinski definition) is 2. The Balaban J connectivity index is 1.49. The predicted octanol–water partition coefficient (Wildman–Crippen LogP) is -0.284. The average molecular weight is 253 g/mol. The lowest BCUT2D eigenvalue weighted by Gasteiger charge is -2.24. The molecule has 3 atom stereocenters. The third-order valence-electron chi connectivity index (χ3n) is 4.22. The van der Waals surface area contributed by atoms with Crippen molar-refractivity contribution in [2.75, 3.05) is 26.3 Å². The SMILES string of the molecule is C[C@@H]1C[C@H](NC(=O)[C@@H]2COCCN2)CN1C1CC1. The van der Waals surface area contributed by atoms with E-state index in [2.05, 4.69) is 22.5 Å². The van der Waals surface area contributed by atoms with E-state index >= 15 is 0 Å². The van der Waals surface area contributed by atoms with Gasteiger partial charge in [-0.2, -0.15) is 0 Å². The zero-order valence-electron chi connectivity index (χ0n) is 11.0. The molecule has 1 aliphatic carbocycles. The minimum atomic E-state index is -0.163. The number of carbonyl (C=O) groups is 1. The van der Waals surface area contributed by atoms with Crippen LogP contribution in [-0.4, -0.2) is 61.3 Å². The number of hydrogen-bond acceptors (Lipinski definition) is 4. The van der Waals surface area contributed by atoms with Crippen LogP contribution in [0.5, 0.6) is 0 Å². The first kappa shape index (κ1) is 12.4.